The number of hydrogen-bond donors (Lipinski definition) is 2. The summed E-state index contributed by atoms with van der Waals surface area (Å²) in [4.78, 5) is 16.2. The highest BCUT2D eigenvalue weighted by molar-refractivity contribution is 5.91. The van der Waals surface area contributed by atoms with Crippen molar-refractivity contribution in [3.05, 3.63) is 60.6 Å². The number of imidazole rings is 1. The van der Waals surface area contributed by atoms with Gasteiger partial charge >= 0.3 is 0 Å². The van der Waals surface area contributed by atoms with Crippen LogP contribution < -0.4 is 10.6 Å². The number of fused-ring (bicyclic) bond motifs is 1. The van der Waals surface area contributed by atoms with Crippen LogP contribution in [0.2, 0.25) is 0 Å². The van der Waals surface area contributed by atoms with Crippen molar-refractivity contribution < 1.29 is 4.79 Å². The van der Waals surface area contributed by atoms with Crippen molar-refractivity contribution in [1.29, 1.82) is 0 Å². The zero-order valence-corrected chi connectivity index (χ0v) is 13.1. The van der Waals surface area contributed by atoms with Gasteiger partial charge in [-0.15, -0.1) is 0 Å². The highest BCUT2D eigenvalue weighted by atomic mass is 16.1. The van der Waals surface area contributed by atoms with Crippen LogP contribution in [0, 0.1) is 0 Å². The molecule has 0 spiro atoms. The summed E-state index contributed by atoms with van der Waals surface area (Å²) in [6.45, 7) is 2.63. The summed E-state index contributed by atoms with van der Waals surface area (Å²) in [5.74, 6) is 0.0463. The molecule has 0 fully saturated rings. The van der Waals surface area contributed by atoms with E-state index in [1.54, 1.807) is 0 Å². The van der Waals surface area contributed by atoms with Crippen molar-refractivity contribution in [1.82, 2.24) is 9.38 Å². The molecular weight excluding hydrogens is 288 g/mol. The molecule has 0 radical (unpaired) electrons. The minimum Gasteiger partial charge on any atom is -0.379 e. The van der Waals surface area contributed by atoms with Gasteiger partial charge in [0.15, 0.2) is 0 Å². The number of rotatable bonds is 6. The maximum absolute atomic E-state index is 11.7. The number of benzene rings is 1. The van der Waals surface area contributed by atoms with Gasteiger partial charge in [-0.3, -0.25) is 4.79 Å². The molecule has 2 N–H and O–H groups in total. The second-order valence-electron chi connectivity index (χ2n) is 5.43. The molecule has 0 unspecified atom stereocenters. The van der Waals surface area contributed by atoms with E-state index in [4.69, 9.17) is 0 Å². The van der Waals surface area contributed by atoms with Crippen LogP contribution in [0.5, 0.6) is 0 Å². The Kier molecular flexibility index (Phi) is 4.57. The average Bonchev–Trinajstić information content (AvgIpc) is 2.96. The van der Waals surface area contributed by atoms with Gasteiger partial charge in [-0.1, -0.05) is 19.1 Å². The molecule has 0 aliphatic heterocycles. The van der Waals surface area contributed by atoms with Crippen molar-refractivity contribution in [2.45, 2.75) is 26.3 Å². The fourth-order valence-electron chi connectivity index (χ4n) is 2.42. The Balaban J connectivity index is 1.64. The average molecular weight is 308 g/mol. The van der Waals surface area contributed by atoms with E-state index in [9.17, 15) is 4.79 Å². The highest BCUT2D eigenvalue weighted by Crippen LogP contribution is 2.16. The number of amides is 1. The van der Waals surface area contributed by atoms with Gasteiger partial charge in [-0.05, 0) is 36.8 Å². The highest BCUT2D eigenvalue weighted by Gasteiger charge is 2.03. The predicted molar refractivity (Wildman–Crippen MR) is 92.5 cm³/mol. The monoisotopic (exact) mass is 308 g/mol. The lowest BCUT2D eigenvalue weighted by atomic mass is 10.2. The Morgan fingerprint density at radius 1 is 1.17 bits per heavy atom. The van der Waals surface area contributed by atoms with Crippen LogP contribution in [0.15, 0.2) is 54.9 Å². The third kappa shape index (κ3) is 3.88. The molecule has 0 bridgehead atoms. The van der Waals surface area contributed by atoms with Crippen LogP contribution in [-0.4, -0.2) is 15.3 Å². The van der Waals surface area contributed by atoms with Crippen LogP contribution >= 0.6 is 0 Å². The Hall–Kier alpha value is -2.82. The Bertz CT molecular complexity index is 776. The van der Waals surface area contributed by atoms with Crippen LogP contribution in [0.3, 0.4) is 0 Å². The molecule has 2 aromatic heterocycles. The first-order valence-electron chi connectivity index (χ1n) is 7.81. The zero-order chi connectivity index (χ0) is 16.1. The van der Waals surface area contributed by atoms with Gasteiger partial charge in [0.2, 0.25) is 5.91 Å². The van der Waals surface area contributed by atoms with E-state index in [-0.39, 0.29) is 5.91 Å². The molecule has 3 aromatic rings. The van der Waals surface area contributed by atoms with Gasteiger partial charge < -0.3 is 15.0 Å². The summed E-state index contributed by atoms with van der Waals surface area (Å²) in [6.07, 6.45) is 5.38. The first-order valence-corrected chi connectivity index (χ1v) is 7.81. The van der Waals surface area contributed by atoms with Crippen molar-refractivity contribution in [3.63, 3.8) is 0 Å². The van der Waals surface area contributed by atoms with Crippen LogP contribution in [0.4, 0.5) is 11.4 Å². The summed E-state index contributed by atoms with van der Waals surface area (Å²) >= 11 is 0. The van der Waals surface area contributed by atoms with E-state index in [1.165, 1.54) is 0 Å². The lowest BCUT2D eigenvalue weighted by Crippen LogP contribution is -2.10. The first-order chi connectivity index (χ1) is 11.2. The third-order valence-electron chi connectivity index (χ3n) is 3.51. The summed E-state index contributed by atoms with van der Waals surface area (Å²) in [5.41, 5.74) is 3.67. The van der Waals surface area contributed by atoms with E-state index in [1.807, 2.05) is 66.2 Å². The number of nitrogens with zero attached hydrogens (tertiary/aromatic N) is 2. The summed E-state index contributed by atoms with van der Waals surface area (Å²) in [5, 5.41) is 6.24. The lowest BCUT2D eigenvalue weighted by Gasteiger charge is -2.08. The fraction of sp³-hybridized carbons (Fsp3) is 0.222. The number of pyridine rings is 1. The van der Waals surface area contributed by atoms with Crippen LogP contribution in [-0.2, 0) is 11.3 Å². The second-order valence-corrected chi connectivity index (χ2v) is 5.43. The lowest BCUT2D eigenvalue weighted by molar-refractivity contribution is -0.116. The third-order valence-corrected chi connectivity index (χ3v) is 3.51. The SMILES string of the molecule is CCCC(=O)Nc1cccc(NCc2cn3ccccc3n2)c1. The quantitative estimate of drug-likeness (QED) is 0.730. The number of carbonyl (C=O) groups is 1. The maximum Gasteiger partial charge on any atom is 0.224 e. The number of anilines is 2. The number of hydrogen-bond acceptors (Lipinski definition) is 3. The topological polar surface area (TPSA) is 58.4 Å². The number of carbonyl (C=O) groups excluding carboxylic acids is 1. The molecule has 1 amide bonds. The molecule has 0 saturated carbocycles. The standard InChI is InChI=1S/C18H20N4O/c1-2-6-18(23)21-15-8-5-7-14(11-15)19-12-16-13-22-10-4-3-9-17(22)20-16/h3-5,7-11,13,19H,2,6,12H2,1H3,(H,21,23). The Morgan fingerprint density at radius 3 is 2.87 bits per heavy atom. The molecule has 5 heteroatoms. The molecule has 5 nitrogen and oxygen atoms in total. The predicted octanol–water partition coefficient (Wildman–Crippen LogP) is 3.69. The van der Waals surface area contributed by atoms with E-state index in [0.717, 1.165) is 29.1 Å². The minimum atomic E-state index is 0.0463. The second kappa shape index (κ2) is 6.96. The van der Waals surface area contributed by atoms with E-state index >= 15 is 0 Å². The largest absolute Gasteiger partial charge is 0.379 e. The Labute approximate surface area is 135 Å². The zero-order valence-electron chi connectivity index (χ0n) is 13.1. The van der Waals surface area contributed by atoms with E-state index in [0.29, 0.717) is 13.0 Å². The molecule has 3 rings (SSSR count). The van der Waals surface area contributed by atoms with Crippen molar-refractivity contribution in [2.24, 2.45) is 0 Å². The molecule has 1 aromatic carbocycles. The van der Waals surface area contributed by atoms with Gasteiger partial charge in [0.05, 0.1) is 12.2 Å². The molecule has 0 saturated heterocycles. The molecule has 2 heterocycles. The van der Waals surface area contributed by atoms with Crippen molar-refractivity contribution in [3.8, 4) is 0 Å². The molecule has 0 atom stereocenters. The minimum absolute atomic E-state index is 0.0463. The molecular formula is C18H20N4O. The van der Waals surface area contributed by atoms with Crippen molar-refractivity contribution in [2.75, 3.05) is 10.6 Å². The smallest absolute Gasteiger partial charge is 0.224 e. The van der Waals surface area contributed by atoms with Crippen LogP contribution in [0.1, 0.15) is 25.5 Å². The summed E-state index contributed by atoms with van der Waals surface area (Å²) < 4.78 is 2.00. The van der Waals surface area contributed by atoms with Gasteiger partial charge in [0.25, 0.3) is 0 Å². The van der Waals surface area contributed by atoms with Gasteiger partial charge in [0, 0.05) is 30.2 Å². The molecule has 0 aliphatic carbocycles. The number of nitrogens with one attached hydrogen (secondary N) is 2. The van der Waals surface area contributed by atoms with E-state index < -0.39 is 0 Å². The number of aromatic nitrogens is 2. The van der Waals surface area contributed by atoms with Crippen LogP contribution in [0.25, 0.3) is 5.65 Å². The normalized spacial score (nSPS) is 10.7. The fourth-order valence-corrected chi connectivity index (χ4v) is 2.42. The summed E-state index contributed by atoms with van der Waals surface area (Å²) in [6, 6.07) is 13.7. The Morgan fingerprint density at radius 2 is 2.04 bits per heavy atom. The van der Waals surface area contributed by atoms with Gasteiger partial charge in [0.1, 0.15) is 5.65 Å². The molecule has 23 heavy (non-hydrogen) atoms. The van der Waals surface area contributed by atoms with Crippen molar-refractivity contribution >= 4 is 22.9 Å². The first kappa shape index (κ1) is 15.1. The van der Waals surface area contributed by atoms with Gasteiger partial charge in [-0.25, -0.2) is 4.98 Å². The molecule has 0 aliphatic rings. The maximum atomic E-state index is 11.7. The van der Waals surface area contributed by atoms with Gasteiger partial charge in [-0.2, -0.15) is 0 Å². The van der Waals surface area contributed by atoms with E-state index in [2.05, 4.69) is 15.6 Å². The molecule has 118 valence electrons. The summed E-state index contributed by atoms with van der Waals surface area (Å²) in [7, 11) is 0.